The Morgan fingerprint density at radius 1 is 1.12 bits per heavy atom. The number of carboxylic acid groups (broad SMARTS) is 1. The fraction of sp³-hybridized carbons (Fsp3) is 0.440. The lowest BCUT2D eigenvalue weighted by Gasteiger charge is -2.33. The zero-order chi connectivity index (χ0) is 24.2. The number of carbonyl (C=O) groups is 1. The van der Waals surface area contributed by atoms with Crippen LogP contribution in [0.2, 0.25) is 0 Å². The van der Waals surface area contributed by atoms with Gasteiger partial charge >= 0.3 is 6.16 Å². The van der Waals surface area contributed by atoms with Crippen molar-refractivity contribution in [3.05, 3.63) is 47.5 Å². The van der Waals surface area contributed by atoms with Gasteiger partial charge in [0.25, 0.3) is 0 Å². The van der Waals surface area contributed by atoms with E-state index in [1.54, 1.807) is 24.3 Å². The van der Waals surface area contributed by atoms with E-state index >= 15 is 0 Å². The van der Waals surface area contributed by atoms with Crippen molar-refractivity contribution < 1.29 is 28.5 Å². The molecule has 0 spiro atoms. The van der Waals surface area contributed by atoms with Crippen molar-refractivity contribution in [3.8, 4) is 17.2 Å². The van der Waals surface area contributed by atoms with Gasteiger partial charge in [0.1, 0.15) is 11.6 Å². The molecular formula is C25H30FN3O5. The quantitative estimate of drug-likeness (QED) is 0.358. The zero-order valence-electron chi connectivity index (χ0n) is 19.7. The van der Waals surface area contributed by atoms with Crippen molar-refractivity contribution in [3.63, 3.8) is 0 Å². The molecule has 9 heteroatoms. The average molecular weight is 472 g/mol. The molecule has 1 aliphatic heterocycles. The molecule has 182 valence electrons. The molecule has 0 radical (unpaired) electrons. The highest BCUT2D eigenvalue weighted by Crippen LogP contribution is 2.33. The highest BCUT2D eigenvalue weighted by Gasteiger charge is 2.24. The van der Waals surface area contributed by atoms with Crippen molar-refractivity contribution >= 4 is 17.2 Å². The molecule has 1 saturated heterocycles. The number of imidazole rings is 1. The van der Waals surface area contributed by atoms with Gasteiger partial charge in [-0.25, -0.2) is 9.78 Å². The molecule has 0 aliphatic carbocycles. The van der Waals surface area contributed by atoms with Gasteiger partial charge in [0.2, 0.25) is 5.82 Å². The molecule has 0 bridgehead atoms. The minimum atomic E-state index is -1.34. The number of rotatable bonds is 8. The standard InChI is InChI=1S/C25H30FN3O5/c1-4-32-22-12-17(13-23(24(22)26)33-5-2)15-28-10-8-18(9-11-28)29-16(3)27-20-14-19(34-25(30)31)6-7-21(20)29/h6-7,12-14,18H,4-5,8-11,15H2,1-3H3,(H,30,31). The molecule has 3 aromatic rings. The maximum atomic E-state index is 14.6. The van der Waals surface area contributed by atoms with Gasteiger partial charge in [-0.1, -0.05) is 0 Å². The summed E-state index contributed by atoms with van der Waals surface area (Å²) in [5.41, 5.74) is 2.65. The number of benzene rings is 2. The van der Waals surface area contributed by atoms with Crippen molar-refractivity contribution in [1.82, 2.24) is 14.5 Å². The third-order valence-electron chi connectivity index (χ3n) is 6.04. The number of hydrogen-bond donors (Lipinski definition) is 1. The van der Waals surface area contributed by atoms with E-state index in [0.29, 0.717) is 25.8 Å². The average Bonchev–Trinajstić information content (AvgIpc) is 3.12. The van der Waals surface area contributed by atoms with Gasteiger partial charge in [0.15, 0.2) is 11.5 Å². The lowest BCUT2D eigenvalue weighted by molar-refractivity contribution is 0.144. The summed E-state index contributed by atoms with van der Waals surface area (Å²) in [7, 11) is 0. The van der Waals surface area contributed by atoms with Crippen LogP contribution >= 0.6 is 0 Å². The Labute approximate surface area is 197 Å². The summed E-state index contributed by atoms with van der Waals surface area (Å²) >= 11 is 0. The first-order valence-corrected chi connectivity index (χ1v) is 11.6. The minimum absolute atomic E-state index is 0.227. The molecule has 1 fully saturated rings. The monoisotopic (exact) mass is 471 g/mol. The van der Waals surface area contributed by atoms with E-state index in [1.807, 2.05) is 26.8 Å². The molecule has 0 atom stereocenters. The lowest BCUT2D eigenvalue weighted by atomic mass is 10.0. The largest absolute Gasteiger partial charge is 0.511 e. The molecular weight excluding hydrogens is 441 g/mol. The summed E-state index contributed by atoms with van der Waals surface area (Å²) in [5.74, 6) is 1.15. The van der Waals surface area contributed by atoms with E-state index in [-0.39, 0.29) is 17.2 Å². The van der Waals surface area contributed by atoms with Crippen molar-refractivity contribution in [1.29, 1.82) is 0 Å². The van der Waals surface area contributed by atoms with Gasteiger partial charge in [0, 0.05) is 31.7 Å². The van der Waals surface area contributed by atoms with Crippen LogP contribution in [-0.4, -0.2) is 52.0 Å². The zero-order valence-corrected chi connectivity index (χ0v) is 19.7. The third kappa shape index (κ3) is 5.09. The number of ether oxygens (including phenoxy) is 3. The first-order chi connectivity index (χ1) is 16.4. The minimum Gasteiger partial charge on any atom is -0.491 e. The highest BCUT2D eigenvalue weighted by molar-refractivity contribution is 5.79. The SMILES string of the molecule is CCOc1cc(CN2CCC(n3c(C)nc4cc(OC(=O)O)ccc43)CC2)cc(OCC)c1F. The number of hydrogen-bond acceptors (Lipinski definition) is 6. The van der Waals surface area contributed by atoms with Crippen LogP contribution in [0.3, 0.4) is 0 Å². The first-order valence-electron chi connectivity index (χ1n) is 11.6. The number of nitrogens with zero attached hydrogens (tertiary/aromatic N) is 3. The topological polar surface area (TPSA) is 86.0 Å². The fourth-order valence-electron chi connectivity index (χ4n) is 4.66. The van der Waals surface area contributed by atoms with Crippen LogP contribution in [0.1, 0.15) is 44.1 Å². The molecule has 34 heavy (non-hydrogen) atoms. The number of fused-ring (bicyclic) bond motifs is 1. The molecule has 2 aromatic carbocycles. The fourth-order valence-corrected chi connectivity index (χ4v) is 4.66. The normalized spacial score (nSPS) is 14.9. The number of aromatic nitrogens is 2. The Balaban J connectivity index is 1.46. The van der Waals surface area contributed by atoms with E-state index in [4.69, 9.17) is 19.3 Å². The summed E-state index contributed by atoms with van der Waals surface area (Å²) in [6.07, 6.45) is 0.542. The molecule has 0 saturated carbocycles. The maximum absolute atomic E-state index is 14.6. The molecule has 8 nitrogen and oxygen atoms in total. The van der Waals surface area contributed by atoms with Gasteiger partial charge in [-0.05, 0) is 63.4 Å². The van der Waals surface area contributed by atoms with Crippen LogP contribution in [0.4, 0.5) is 9.18 Å². The molecule has 1 aliphatic rings. The second-order valence-electron chi connectivity index (χ2n) is 8.33. The smallest absolute Gasteiger partial charge is 0.491 e. The summed E-state index contributed by atoms with van der Waals surface area (Å²) in [6.45, 7) is 8.86. The number of aryl methyl sites for hydroxylation is 1. The van der Waals surface area contributed by atoms with Gasteiger partial charge in [-0.15, -0.1) is 0 Å². The predicted octanol–water partition coefficient (Wildman–Crippen LogP) is 5.18. The van der Waals surface area contributed by atoms with E-state index in [9.17, 15) is 9.18 Å². The van der Waals surface area contributed by atoms with Crippen molar-refractivity contribution in [2.24, 2.45) is 0 Å². The molecule has 1 aromatic heterocycles. The predicted molar refractivity (Wildman–Crippen MR) is 125 cm³/mol. The first kappa shape index (κ1) is 23.8. The van der Waals surface area contributed by atoms with Crippen LogP contribution in [0.25, 0.3) is 11.0 Å². The summed E-state index contributed by atoms with van der Waals surface area (Å²) in [6, 6.07) is 8.99. The Bertz CT molecular complexity index is 1140. The van der Waals surface area contributed by atoms with Crippen LogP contribution in [0.15, 0.2) is 30.3 Å². The van der Waals surface area contributed by atoms with Crippen molar-refractivity contribution in [2.75, 3.05) is 26.3 Å². The summed E-state index contributed by atoms with van der Waals surface area (Å²) in [5, 5.41) is 8.85. The van der Waals surface area contributed by atoms with Crippen molar-refractivity contribution in [2.45, 2.75) is 46.2 Å². The Morgan fingerprint density at radius 2 is 1.76 bits per heavy atom. The second-order valence-corrected chi connectivity index (χ2v) is 8.33. The number of piperidine rings is 1. The van der Waals surface area contributed by atoms with Gasteiger partial charge < -0.3 is 23.9 Å². The molecule has 1 N–H and O–H groups in total. The van der Waals surface area contributed by atoms with Crippen LogP contribution in [0.5, 0.6) is 17.2 Å². The van der Waals surface area contributed by atoms with Crippen LogP contribution in [0, 0.1) is 12.7 Å². The molecule has 0 unspecified atom stereocenters. The molecule has 4 rings (SSSR count). The summed E-state index contributed by atoms with van der Waals surface area (Å²) in [4.78, 5) is 17.8. The Kier molecular flexibility index (Phi) is 7.21. The van der Waals surface area contributed by atoms with E-state index in [0.717, 1.165) is 48.4 Å². The van der Waals surface area contributed by atoms with E-state index < -0.39 is 12.0 Å². The maximum Gasteiger partial charge on any atom is 0.511 e. The van der Waals surface area contributed by atoms with E-state index in [2.05, 4.69) is 14.5 Å². The third-order valence-corrected chi connectivity index (χ3v) is 6.04. The lowest BCUT2D eigenvalue weighted by Crippen LogP contribution is -2.34. The molecule has 0 amide bonds. The Morgan fingerprint density at radius 3 is 2.35 bits per heavy atom. The number of likely N-dealkylation sites (tertiary alicyclic amines) is 1. The molecule has 2 heterocycles. The van der Waals surface area contributed by atoms with Gasteiger partial charge in [-0.2, -0.15) is 4.39 Å². The highest BCUT2D eigenvalue weighted by atomic mass is 19.1. The number of halogens is 1. The van der Waals surface area contributed by atoms with E-state index in [1.165, 1.54) is 0 Å². The van der Waals surface area contributed by atoms with Crippen LogP contribution < -0.4 is 14.2 Å². The van der Waals surface area contributed by atoms with Gasteiger partial charge in [0.05, 0.1) is 24.2 Å². The summed E-state index contributed by atoms with van der Waals surface area (Å²) < 4.78 is 32.5. The van der Waals surface area contributed by atoms with Crippen LogP contribution in [-0.2, 0) is 6.54 Å². The Hall–Kier alpha value is -3.33. The van der Waals surface area contributed by atoms with Gasteiger partial charge in [-0.3, -0.25) is 4.90 Å². The second kappa shape index (κ2) is 10.3.